The summed E-state index contributed by atoms with van der Waals surface area (Å²) in [6, 6.07) is 16.9. The molecule has 1 atom stereocenters. The maximum absolute atomic E-state index is 14.4. The van der Waals surface area contributed by atoms with Gasteiger partial charge >= 0.3 is 6.18 Å². The zero-order valence-corrected chi connectivity index (χ0v) is 19.2. The number of aryl methyl sites for hydroxylation is 1. The van der Waals surface area contributed by atoms with Gasteiger partial charge in [0.25, 0.3) is 6.47 Å². The summed E-state index contributed by atoms with van der Waals surface area (Å²) in [5, 5.41) is 0. The minimum Gasteiger partial charge on any atom is -0.489 e. The van der Waals surface area contributed by atoms with E-state index in [1.807, 2.05) is 49.1 Å². The summed E-state index contributed by atoms with van der Waals surface area (Å²) in [5.74, 6) is 0.675. The van der Waals surface area contributed by atoms with E-state index in [0.29, 0.717) is 23.3 Å². The van der Waals surface area contributed by atoms with Crippen LogP contribution in [0.1, 0.15) is 53.3 Å². The average molecular weight is 470 g/mol. The van der Waals surface area contributed by atoms with Crippen molar-refractivity contribution in [2.45, 2.75) is 52.2 Å². The molecule has 34 heavy (non-hydrogen) atoms. The summed E-state index contributed by atoms with van der Waals surface area (Å²) in [6.07, 6.45) is -4.56. The first-order valence-corrected chi connectivity index (χ1v) is 11.1. The molecule has 0 N–H and O–H groups in total. The van der Waals surface area contributed by atoms with Crippen molar-refractivity contribution in [3.8, 4) is 11.5 Å². The summed E-state index contributed by atoms with van der Waals surface area (Å²) in [4.78, 5) is 13.1. The normalized spacial score (nSPS) is 15.9. The quantitative estimate of drug-likeness (QED) is 0.373. The van der Waals surface area contributed by atoms with Crippen LogP contribution in [0.2, 0.25) is 0 Å². The van der Waals surface area contributed by atoms with Crippen LogP contribution in [-0.4, -0.2) is 17.4 Å². The fourth-order valence-corrected chi connectivity index (χ4v) is 4.68. The number of halogens is 3. The van der Waals surface area contributed by atoms with Gasteiger partial charge in [0.15, 0.2) is 0 Å². The smallest absolute Gasteiger partial charge is 0.417 e. The lowest BCUT2D eigenvalue weighted by molar-refractivity contribution is -0.139. The van der Waals surface area contributed by atoms with E-state index in [-0.39, 0.29) is 36.1 Å². The van der Waals surface area contributed by atoms with Crippen molar-refractivity contribution in [2.75, 3.05) is 0 Å². The predicted octanol–water partition coefficient (Wildman–Crippen LogP) is 6.44. The van der Waals surface area contributed by atoms with Gasteiger partial charge < -0.3 is 9.47 Å². The highest BCUT2D eigenvalue weighted by atomic mass is 19.4. The van der Waals surface area contributed by atoms with Crippen LogP contribution in [0.15, 0.2) is 60.7 Å². The molecule has 1 aliphatic heterocycles. The molecule has 3 aromatic carbocycles. The summed E-state index contributed by atoms with van der Waals surface area (Å²) in [6.45, 7) is 6.15. The van der Waals surface area contributed by atoms with Crippen molar-refractivity contribution in [3.63, 3.8) is 0 Å². The van der Waals surface area contributed by atoms with E-state index >= 15 is 0 Å². The molecule has 1 heterocycles. The molecule has 0 fully saturated rings. The maximum Gasteiger partial charge on any atom is 0.417 e. The Morgan fingerprint density at radius 2 is 1.74 bits per heavy atom. The highest BCUT2D eigenvalue weighted by Crippen LogP contribution is 2.51. The van der Waals surface area contributed by atoms with Crippen LogP contribution >= 0.6 is 0 Å². The van der Waals surface area contributed by atoms with Crippen molar-refractivity contribution >= 4 is 6.47 Å². The number of alkyl halides is 3. The molecule has 1 unspecified atom stereocenters. The third kappa shape index (κ3) is 4.53. The minimum absolute atomic E-state index is 0.0787. The largest absolute Gasteiger partial charge is 0.489 e. The van der Waals surface area contributed by atoms with Gasteiger partial charge in [0.05, 0.1) is 11.6 Å². The fraction of sp³-hybridized carbons (Fsp3) is 0.296. The van der Waals surface area contributed by atoms with Crippen molar-refractivity contribution in [2.24, 2.45) is 0 Å². The molecular weight excluding hydrogens is 443 g/mol. The standard InChI is InChI=1S/C27H26F3NO3/c1-17(2)31-14-21-23(33-15-19-9-5-4-6-10-19)13-18(3)25(27(28,29)30)24(21)26(31)20-11-7-8-12-22(20)34-16-32/h4-13,16-17,26H,14-15H2,1-3H3. The second kappa shape index (κ2) is 9.50. The van der Waals surface area contributed by atoms with Crippen LogP contribution in [0, 0.1) is 6.92 Å². The lowest BCUT2D eigenvalue weighted by Crippen LogP contribution is -2.31. The molecule has 4 nitrogen and oxygen atoms in total. The van der Waals surface area contributed by atoms with E-state index in [1.165, 1.54) is 13.0 Å². The number of nitrogens with zero attached hydrogens (tertiary/aromatic N) is 1. The highest BCUT2D eigenvalue weighted by molar-refractivity contribution is 5.59. The molecule has 0 saturated heterocycles. The third-order valence-electron chi connectivity index (χ3n) is 6.15. The number of ether oxygens (including phenoxy) is 2. The van der Waals surface area contributed by atoms with Crippen LogP contribution in [0.4, 0.5) is 13.2 Å². The maximum atomic E-state index is 14.4. The van der Waals surface area contributed by atoms with Crippen LogP contribution in [-0.2, 0) is 24.1 Å². The molecule has 0 bridgehead atoms. The Hall–Kier alpha value is -3.32. The molecule has 0 saturated carbocycles. The van der Waals surface area contributed by atoms with Gasteiger partial charge in [-0.05, 0) is 49.6 Å². The van der Waals surface area contributed by atoms with Gasteiger partial charge in [0, 0.05) is 23.7 Å². The van der Waals surface area contributed by atoms with E-state index in [2.05, 4.69) is 0 Å². The summed E-state index contributed by atoms with van der Waals surface area (Å²) in [5.41, 5.74) is 1.53. The van der Waals surface area contributed by atoms with E-state index in [9.17, 15) is 18.0 Å². The van der Waals surface area contributed by atoms with E-state index in [1.54, 1.807) is 24.3 Å². The zero-order valence-electron chi connectivity index (χ0n) is 19.2. The van der Waals surface area contributed by atoms with Crippen LogP contribution in [0.25, 0.3) is 0 Å². The molecule has 1 aliphatic rings. The SMILES string of the molecule is Cc1cc(OCc2ccccc2)c2c(c1C(F)(F)F)C(c1ccccc1OC=O)N(C(C)C)C2. The highest BCUT2D eigenvalue weighted by Gasteiger charge is 2.45. The van der Waals surface area contributed by atoms with Crippen LogP contribution in [0.5, 0.6) is 11.5 Å². The Kier molecular flexibility index (Phi) is 6.66. The van der Waals surface area contributed by atoms with Crippen molar-refractivity contribution < 1.29 is 27.4 Å². The van der Waals surface area contributed by atoms with Gasteiger partial charge in [0.1, 0.15) is 18.1 Å². The monoisotopic (exact) mass is 469 g/mol. The molecule has 178 valence electrons. The molecule has 4 rings (SSSR count). The van der Waals surface area contributed by atoms with Crippen molar-refractivity contribution in [3.05, 3.63) is 94.0 Å². The summed E-state index contributed by atoms with van der Waals surface area (Å²) >= 11 is 0. The molecule has 3 aromatic rings. The lowest BCUT2D eigenvalue weighted by Gasteiger charge is -2.31. The summed E-state index contributed by atoms with van der Waals surface area (Å²) in [7, 11) is 0. The average Bonchev–Trinajstić information content (AvgIpc) is 3.18. The van der Waals surface area contributed by atoms with Gasteiger partial charge in [-0.15, -0.1) is 0 Å². The van der Waals surface area contributed by atoms with Crippen LogP contribution < -0.4 is 9.47 Å². The van der Waals surface area contributed by atoms with E-state index in [0.717, 1.165) is 5.56 Å². The number of carbonyl (C=O) groups excluding carboxylic acids is 1. The lowest BCUT2D eigenvalue weighted by atomic mass is 9.89. The van der Waals surface area contributed by atoms with Gasteiger partial charge in [0.2, 0.25) is 0 Å². The van der Waals surface area contributed by atoms with E-state index in [4.69, 9.17) is 9.47 Å². The number of hydrogen-bond donors (Lipinski definition) is 0. The second-order valence-corrected chi connectivity index (χ2v) is 8.65. The number of hydrogen-bond acceptors (Lipinski definition) is 4. The minimum atomic E-state index is -4.56. The molecule has 0 amide bonds. The number of fused-ring (bicyclic) bond motifs is 1. The van der Waals surface area contributed by atoms with Gasteiger partial charge in [-0.1, -0.05) is 48.5 Å². The van der Waals surface area contributed by atoms with Gasteiger partial charge in [-0.3, -0.25) is 9.69 Å². The molecule has 0 radical (unpaired) electrons. The van der Waals surface area contributed by atoms with Crippen molar-refractivity contribution in [1.82, 2.24) is 4.90 Å². The fourth-order valence-electron chi connectivity index (χ4n) is 4.68. The Bertz CT molecular complexity index is 1180. The van der Waals surface area contributed by atoms with Crippen molar-refractivity contribution in [1.29, 1.82) is 0 Å². The zero-order chi connectivity index (χ0) is 24.5. The number of rotatable bonds is 7. The molecule has 0 spiro atoms. The van der Waals surface area contributed by atoms with Gasteiger partial charge in [-0.25, -0.2) is 0 Å². The molecule has 0 aliphatic carbocycles. The number of carbonyl (C=O) groups is 1. The Labute approximate surface area is 196 Å². The first kappa shape index (κ1) is 23.8. The van der Waals surface area contributed by atoms with Gasteiger partial charge in [-0.2, -0.15) is 13.2 Å². The molecule has 0 aromatic heterocycles. The number of para-hydroxylation sites is 1. The topological polar surface area (TPSA) is 38.8 Å². The third-order valence-corrected chi connectivity index (χ3v) is 6.15. The Morgan fingerprint density at radius 3 is 2.38 bits per heavy atom. The molecule has 7 heteroatoms. The predicted molar refractivity (Wildman–Crippen MR) is 123 cm³/mol. The first-order valence-electron chi connectivity index (χ1n) is 11.1. The number of benzene rings is 3. The first-order chi connectivity index (χ1) is 16.2. The second-order valence-electron chi connectivity index (χ2n) is 8.65. The van der Waals surface area contributed by atoms with Crippen LogP contribution in [0.3, 0.4) is 0 Å². The Balaban J connectivity index is 1.91. The molecular formula is C27H26F3NO3. The van der Waals surface area contributed by atoms with E-state index < -0.39 is 17.8 Å². The Morgan fingerprint density at radius 1 is 1.06 bits per heavy atom. The summed E-state index contributed by atoms with van der Waals surface area (Å²) < 4.78 is 54.5.